The summed E-state index contributed by atoms with van der Waals surface area (Å²) in [7, 11) is 0. The predicted molar refractivity (Wildman–Crippen MR) is 271 cm³/mol. The van der Waals surface area contributed by atoms with Crippen molar-refractivity contribution < 1.29 is 24.3 Å². The molecule has 8 heterocycles. The van der Waals surface area contributed by atoms with Crippen molar-refractivity contribution in [3.8, 4) is 29.4 Å². The first-order valence-electron chi connectivity index (χ1n) is 25.6. The zero-order valence-electron chi connectivity index (χ0n) is 40.6. The summed E-state index contributed by atoms with van der Waals surface area (Å²) in [6.45, 7) is 15.6. The smallest absolute Gasteiger partial charge is 0.243 e. The van der Waals surface area contributed by atoms with Crippen LogP contribution in [0.25, 0.3) is 11.3 Å². The van der Waals surface area contributed by atoms with Gasteiger partial charge in [-0.3, -0.25) is 14.5 Å². The maximum Gasteiger partial charge on any atom is 0.243 e. The van der Waals surface area contributed by atoms with Crippen LogP contribution >= 0.6 is 11.6 Å². The van der Waals surface area contributed by atoms with Gasteiger partial charge in [-0.25, -0.2) is 0 Å². The molecule has 70 heavy (non-hydrogen) atoms. The van der Waals surface area contributed by atoms with E-state index in [1.54, 1.807) is 24.3 Å². The van der Waals surface area contributed by atoms with Gasteiger partial charge in [0.05, 0.1) is 23.5 Å². The third-order valence-electron chi connectivity index (χ3n) is 16.1. The average molecular weight is 975 g/mol. The molecular weight excluding hydrogens is 906 g/mol. The molecule has 0 bridgehead atoms. The monoisotopic (exact) mass is 974 g/mol. The Morgan fingerprint density at radius 1 is 0.900 bits per heavy atom. The van der Waals surface area contributed by atoms with Gasteiger partial charge in [-0.1, -0.05) is 54.7 Å². The second-order valence-electron chi connectivity index (χ2n) is 20.8. The van der Waals surface area contributed by atoms with Crippen molar-refractivity contribution >= 4 is 40.7 Å². The number of carbonyl (C=O) groups is 2. The number of fused-ring (bicyclic) bond motifs is 3. The van der Waals surface area contributed by atoms with Crippen LogP contribution in [-0.2, 0) is 16.1 Å². The minimum absolute atomic E-state index is 0.0696. The number of phenolic OH excluding ortho intramolecular Hbond substituents is 1. The summed E-state index contributed by atoms with van der Waals surface area (Å²) in [4.78, 5) is 42.2. The van der Waals surface area contributed by atoms with E-state index in [-0.39, 0.29) is 43.0 Å². The number of aromatic hydroxyl groups is 1. The summed E-state index contributed by atoms with van der Waals surface area (Å²) in [6, 6.07) is 17.4. The fourth-order valence-electron chi connectivity index (χ4n) is 12.1. The van der Waals surface area contributed by atoms with E-state index in [0.717, 1.165) is 89.1 Å². The van der Waals surface area contributed by atoms with E-state index >= 15 is 0 Å². The number of aliphatic hydroxyl groups excluding tert-OH is 1. The highest BCUT2D eigenvalue weighted by molar-refractivity contribution is 6.31. The molecule has 4 N–H and O–H groups in total. The van der Waals surface area contributed by atoms with Crippen molar-refractivity contribution in [2.45, 2.75) is 102 Å². The van der Waals surface area contributed by atoms with Crippen LogP contribution in [0.1, 0.15) is 81.6 Å². The summed E-state index contributed by atoms with van der Waals surface area (Å²) >= 11 is 6.40. The molecule has 17 heteroatoms. The molecule has 0 radical (unpaired) electrons. The molecule has 1 unspecified atom stereocenters. The number of amides is 2. The fraction of sp³-hybridized carbons (Fsp3) is 0.566. The first-order chi connectivity index (χ1) is 34.0. The maximum absolute atomic E-state index is 14.2. The van der Waals surface area contributed by atoms with E-state index < -0.39 is 18.1 Å². The molecule has 4 aromatic rings. The number of hydrogen-bond donors (Lipinski definition) is 4. The number of likely N-dealkylation sites (tertiary alicyclic amines) is 3. The lowest BCUT2D eigenvalue weighted by atomic mass is 9.91. The van der Waals surface area contributed by atoms with Crippen LogP contribution in [0.3, 0.4) is 0 Å². The number of nitrogens with zero attached hydrogens (tertiary/aromatic N) is 9. The SMILES string of the molecule is C#Cc1ccc(CNC(=O)[C@@H]2C[C@@H](O)CN2C(=O)C(c2cc(N3CCC(CN4CCC(N5CCC(N6CCN7c8cc(-c9ccccc9O)nnc8NC[C@H]7C6)CC5)CC4)CC3)no2)C(C)C)c(Cl)c1. The summed E-state index contributed by atoms with van der Waals surface area (Å²) in [6.07, 6.45) is 11.9. The zero-order chi connectivity index (χ0) is 48.5. The largest absolute Gasteiger partial charge is 0.507 e. The first kappa shape index (κ1) is 48.2. The number of para-hydroxylation sites is 1. The molecule has 5 saturated heterocycles. The van der Waals surface area contributed by atoms with Gasteiger partial charge >= 0.3 is 0 Å². The standard InChI is InChI=1S/C53H68ClN11O5/c1-4-35-9-10-37(43(54)25-35)29-56-52(68)46-26-41(66)33-65(46)53(69)50(34(2)3)48-28-49(59-70-48)62-19-11-36(12-20-62)31-60-17-13-38(14-18-60)61-21-15-39(16-22-61)63-23-24-64-40(32-63)30-55-51-45(64)27-44(57-58-51)42-7-5-6-8-47(42)67/h1,5-10,25,27-28,34,36,38-41,46,50,66-67H,11-24,26,29-33H2,2-3H3,(H,55,58)(H,56,68)/t40-,41+,46-,50?/m0/s1. The minimum atomic E-state index is -0.823. The van der Waals surface area contributed by atoms with Crippen molar-refractivity contribution in [1.82, 2.24) is 40.3 Å². The van der Waals surface area contributed by atoms with Gasteiger partial charge in [-0.05, 0) is 112 Å². The fourth-order valence-corrected chi connectivity index (χ4v) is 12.4. The van der Waals surface area contributed by atoms with Crippen LogP contribution < -0.4 is 20.4 Å². The molecule has 0 saturated carbocycles. The van der Waals surface area contributed by atoms with E-state index in [1.807, 2.05) is 38.1 Å². The molecule has 10 rings (SSSR count). The summed E-state index contributed by atoms with van der Waals surface area (Å²) in [5, 5.41) is 41.4. The number of aliphatic hydroxyl groups is 1. The lowest BCUT2D eigenvalue weighted by Crippen LogP contribution is -2.61. The van der Waals surface area contributed by atoms with Crippen LogP contribution in [0.4, 0.5) is 17.3 Å². The highest BCUT2D eigenvalue weighted by atomic mass is 35.5. The van der Waals surface area contributed by atoms with Crippen molar-refractivity contribution in [3.63, 3.8) is 0 Å². The maximum atomic E-state index is 14.2. The predicted octanol–water partition coefficient (Wildman–Crippen LogP) is 5.25. The van der Waals surface area contributed by atoms with E-state index in [4.69, 9.17) is 22.5 Å². The van der Waals surface area contributed by atoms with Crippen LogP contribution in [0, 0.1) is 24.2 Å². The third kappa shape index (κ3) is 10.3. The molecule has 16 nitrogen and oxygen atoms in total. The highest BCUT2D eigenvalue weighted by Crippen LogP contribution is 2.38. The molecular formula is C53H68ClN11O5. The van der Waals surface area contributed by atoms with E-state index in [9.17, 15) is 19.8 Å². The number of β-amino-alcohol motifs (C(OH)–C–C–N with tert-alkyl or cyclic N) is 1. The van der Waals surface area contributed by atoms with E-state index in [0.29, 0.717) is 57.2 Å². The third-order valence-corrected chi connectivity index (χ3v) is 16.5. The Labute approximate surface area is 416 Å². The van der Waals surface area contributed by atoms with Crippen molar-refractivity contribution in [1.29, 1.82) is 0 Å². The Balaban J connectivity index is 0.653. The number of halogens is 1. The summed E-state index contributed by atoms with van der Waals surface area (Å²) in [5.74, 6) is 4.07. The molecule has 6 aliphatic rings. The molecule has 5 fully saturated rings. The van der Waals surface area contributed by atoms with Crippen molar-refractivity contribution in [2.75, 3.05) is 93.7 Å². The van der Waals surface area contributed by atoms with Crippen LogP contribution in [0.15, 0.2) is 59.1 Å². The van der Waals surface area contributed by atoms with Crippen LogP contribution in [0.2, 0.25) is 5.02 Å². The van der Waals surface area contributed by atoms with Gasteiger partial charge in [0.25, 0.3) is 0 Å². The highest BCUT2D eigenvalue weighted by Gasteiger charge is 2.44. The molecule has 372 valence electrons. The van der Waals surface area contributed by atoms with Gasteiger partial charge < -0.3 is 49.9 Å². The lowest BCUT2D eigenvalue weighted by molar-refractivity contribution is -0.141. The number of aromatic nitrogens is 3. The number of phenols is 1. The molecule has 6 aliphatic heterocycles. The first-order valence-corrected chi connectivity index (χ1v) is 26.0. The molecule has 2 aromatic heterocycles. The number of rotatable bonds is 12. The Hall–Kier alpha value is -5.44. The number of piperazine rings is 1. The number of anilines is 3. The van der Waals surface area contributed by atoms with Crippen molar-refractivity contribution in [3.05, 3.63) is 76.5 Å². The van der Waals surface area contributed by atoms with Gasteiger partial charge in [0.15, 0.2) is 17.4 Å². The Morgan fingerprint density at radius 2 is 1.66 bits per heavy atom. The second-order valence-corrected chi connectivity index (χ2v) is 21.2. The lowest BCUT2D eigenvalue weighted by Gasteiger charge is -2.50. The van der Waals surface area contributed by atoms with E-state index in [1.165, 1.54) is 43.7 Å². The number of terminal acetylenes is 1. The molecule has 4 atom stereocenters. The molecule has 0 spiro atoms. The van der Waals surface area contributed by atoms with Gasteiger partial charge in [-0.2, -0.15) is 0 Å². The number of piperidine rings is 3. The number of hydrogen-bond acceptors (Lipinski definition) is 14. The normalized spacial score (nSPS) is 23.7. The Bertz CT molecular complexity index is 2530. The van der Waals surface area contributed by atoms with Gasteiger partial charge in [0.1, 0.15) is 17.7 Å². The van der Waals surface area contributed by atoms with Crippen LogP contribution in [-0.4, -0.2) is 166 Å². The van der Waals surface area contributed by atoms with Gasteiger partial charge in [0, 0.05) is 99.6 Å². The van der Waals surface area contributed by atoms with Gasteiger partial charge in [0.2, 0.25) is 11.8 Å². The molecule has 0 aliphatic carbocycles. The molecule has 2 aromatic carbocycles. The minimum Gasteiger partial charge on any atom is -0.507 e. The Morgan fingerprint density at radius 3 is 2.40 bits per heavy atom. The van der Waals surface area contributed by atoms with Crippen LogP contribution in [0.5, 0.6) is 5.75 Å². The zero-order valence-corrected chi connectivity index (χ0v) is 41.3. The van der Waals surface area contributed by atoms with Gasteiger partial charge in [-0.15, -0.1) is 16.6 Å². The summed E-state index contributed by atoms with van der Waals surface area (Å²) < 4.78 is 5.92. The van der Waals surface area contributed by atoms with Crippen molar-refractivity contribution in [2.24, 2.45) is 11.8 Å². The average Bonchev–Trinajstić information content (AvgIpc) is 4.03. The molecule has 2 amide bonds. The topological polar surface area (TPSA) is 170 Å². The summed E-state index contributed by atoms with van der Waals surface area (Å²) in [5.41, 5.74) is 3.84. The van der Waals surface area contributed by atoms with E-state index in [2.05, 4.69) is 62.5 Å². The number of nitrogens with one attached hydrogen (secondary N) is 2. The Kier molecular flexibility index (Phi) is 14.5. The number of benzene rings is 2. The number of carbonyl (C=O) groups excluding carboxylic acids is 2. The second kappa shape index (κ2) is 21.1. The quantitative estimate of drug-likeness (QED) is 0.136.